The Kier molecular flexibility index (Phi) is 6.35. The molecule has 0 atom stereocenters. The van der Waals surface area contributed by atoms with Crippen LogP contribution < -0.4 is 4.90 Å². The van der Waals surface area contributed by atoms with E-state index in [2.05, 4.69) is 44.2 Å². The minimum Gasteiger partial charge on any atom is -0.368 e. The number of anilines is 1. The Morgan fingerprint density at radius 1 is 0.939 bits per heavy atom. The molecule has 0 radical (unpaired) electrons. The fourth-order valence-corrected chi connectivity index (χ4v) is 4.65. The average Bonchev–Trinajstić information content (AvgIpc) is 3.33. The molecule has 3 aromatic rings. The van der Waals surface area contributed by atoms with Gasteiger partial charge < -0.3 is 14.3 Å². The monoisotopic (exact) mass is 449 g/mol. The zero-order chi connectivity index (χ0) is 22.6. The summed E-state index contributed by atoms with van der Waals surface area (Å²) >= 11 is 0. The predicted molar refractivity (Wildman–Crippen MR) is 123 cm³/mol. The van der Waals surface area contributed by atoms with Crippen molar-refractivity contribution < 1.29 is 13.7 Å². The Balaban J connectivity index is 1.09. The maximum Gasteiger partial charge on any atom is 0.241 e. The third-order valence-electron chi connectivity index (χ3n) is 6.58. The molecule has 7 nitrogen and oxygen atoms in total. The molecule has 0 bridgehead atoms. The number of amides is 1. The van der Waals surface area contributed by atoms with Gasteiger partial charge in [-0.2, -0.15) is 4.98 Å². The zero-order valence-corrected chi connectivity index (χ0v) is 18.6. The summed E-state index contributed by atoms with van der Waals surface area (Å²) in [4.78, 5) is 24.1. The summed E-state index contributed by atoms with van der Waals surface area (Å²) in [5.74, 6) is 1.08. The third kappa shape index (κ3) is 5.06. The van der Waals surface area contributed by atoms with Gasteiger partial charge in [-0.1, -0.05) is 23.4 Å². The van der Waals surface area contributed by atoms with Crippen LogP contribution >= 0.6 is 0 Å². The van der Waals surface area contributed by atoms with Crippen molar-refractivity contribution in [2.45, 2.75) is 19.4 Å². The maximum atomic E-state index is 13.1. The van der Waals surface area contributed by atoms with Gasteiger partial charge in [0.05, 0.1) is 6.54 Å². The fourth-order valence-electron chi connectivity index (χ4n) is 4.65. The summed E-state index contributed by atoms with van der Waals surface area (Å²) < 4.78 is 18.5. The van der Waals surface area contributed by atoms with Crippen LogP contribution in [0.15, 0.2) is 59.1 Å². The minimum absolute atomic E-state index is 0.0852. The van der Waals surface area contributed by atoms with Crippen molar-refractivity contribution in [2.24, 2.45) is 5.92 Å². The number of nitrogens with zero attached hydrogens (tertiary/aromatic N) is 5. The summed E-state index contributed by atoms with van der Waals surface area (Å²) in [6.07, 6.45) is 1.69. The van der Waals surface area contributed by atoms with Crippen LogP contribution in [-0.2, 0) is 11.3 Å². The summed E-state index contributed by atoms with van der Waals surface area (Å²) in [7, 11) is 0. The first-order valence-corrected chi connectivity index (χ1v) is 11.6. The maximum absolute atomic E-state index is 13.1. The lowest BCUT2D eigenvalue weighted by Crippen LogP contribution is -2.51. The fraction of sp³-hybridized carbons (Fsp3) is 0.400. The van der Waals surface area contributed by atoms with Crippen LogP contribution in [0.5, 0.6) is 0 Å². The van der Waals surface area contributed by atoms with Crippen molar-refractivity contribution in [1.82, 2.24) is 19.9 Å². The minimum atomic E-state index is -0.294. The molecule has 8 heteroatoms. The number of halogens is 1. The van der Waals surface area contributed by atoms with Crippen LogP contribution in [0.25, 0.3) is 11.4 Å². The van der Waals surface area contributed by atoms with Gasteiger partial charge in [-0.05, 0) is 62.3 Å². The van der Waals surface area contributed by atoms with E-state index in [4.69, 9.17) is 4.52 Å². The topological polar surface area (TPSA) is 65.7 Å². The Morgan fingerprint density at radius 2 is 1.64 bits per heavy atom. The van der Waals surface area contributed by atoms with Gasteiger partial charge in [-0.3, -0.25) is 9.69 Å². The first-order valence-electron chi connectivity index (χ1n) is 11.6. The van der Waals surface area contributed by atoms with E-state index in [1.165, 1.54) is 17.8 Å². The highest BCUT2D eigenvalue weighted by Gasteiger charge is 2.31. The summed E-state index contributed by atoms with van der Waals surface area (Å²) in [5.41, 5.74) is 1.95. The molecule has 0 spiro atoms. The van der Waals surface area contributed by atoms with E-state index in [-0.39, 0.29) is 11.7 Å². The highest BCUT2D eigenvalue weighted by molar-refractivity contribution is 5.79. The smallest absolute Gasteiger partial charge is 0.241 e. The molecule has 2 aliphatic rings. The lowest BCUT2D eigenvalue weighted by Gasteiger charge is -2.39. The van der Waals surface area contributed by atoms with Gasteiger partial charge in [-0.15, -0.1) is 0 Å². The van der Waals surface area contributed by atoms with Crippen molar-refractivity contribution in [3.05, 3.63) is 66.3 Å². The quantitative estimate of drug-likeness (QED) is 0.595. The van der Waals surface area contributed by atoms with Gasteiger partial charge in [0.2, 0.25) is 17.6 Å². The van der Waals surface area contributed by atoms with Gasteiger partial charge in [0.25, 0.3) is 0 Å². The van der Waals surface area contributed by atoms with Gasteiger partial charge in [0, 0.05) is 43.3 Å². The Morgan fingerprint density at radius 3 is 2.33 bits per heavy atom. The normalized spacial score (nSPS) is 18.0. The van der Waals surface area contributed by atoms with Crippen LogP contribution in [0.4, 0.5) is 10.1 Å². The molecule has 33 heavy (non-hydrogen) atoms. The third-order valence-corrected chi connectivity index (χ3v) is 6.58. The summed E-state index contributed by atoms with van der Waals surface area (Å²) in [6, 6.07) is 16.4. The number of para-hydroxylation sites is 1. The second-order valence-electron chi connectivity index (χ2n) is 8.72. The van der Waals surface area contributed by atoms with Gasteiger partial charge in [-0.25, -0.2) is 4.39 Å². The molecule has 2 saturated heterocycles. The number of hydrogen-bond acceptors (Lipinski definition) is 6. The lowest BCUT2D eigenvalue weighted by molar-refractivity contribution is -0.137. The number of piperidine rings is 1. The molecular formula is C25H28FN5O2. The number of piperazine rings is 1. The van der Waals surface area contributed by atoms with Gasteiger partial charge >= 0.3 is 0 Å². The molecule has 3 heterocycles. The van der Waals surface area contributed by atoms with Crippen LogP contribution in [0.1, 0.15) is 18.7 Å². The number of likely N-dealkylation sites (tertiary alicyclic amines) is 1. The first-order chi connectivity index (χ1) is 16.2. The number of aromatic nitrogens is 2. The molecule has 2 aromatic carbocycles. The van der Waals surface area contributed by atoms with Crippen molar-refractivity contribution in [3.63, 3.8) is 0 Å². The number of benzene rings is 2. The van der Waals surface area contributed by atoms with E-state index in [0.29, 0.717) is 24.2 Å². The molecule has 1 aromatic heterocycles. The summed E-state index contributed by atoms with van der Waals surface area (Å²) in [6.45, 7) is 5.53. The lowest BCUT2D eigenvalue weighted by atomic mass is 9.95. The second kappa shape index (κ2) is 9.70. The molecule has 1 amide bonds. The average molecular weight is 450 g/mol. The standard InChI is InChI=1S/C25H28FN5O2/c26-21-8-6-19(7-9-21)24-27-23(33-28-24)18-29-12-10-20(11-13-29)25(32)31-16-14-30(15-17-31)22-4-2-1-3-5-22/h1-9,20H,10-18H2. The van der Waals surface area contributed by atoms with Crippen LogP contribution in [0, 0.1) is 11.7 Å². The van der Waals surface area contributed by atoms with Crippen LogP contribution in [0.3, 0.4) is 0 Å². The van der Waals surface area contributed by atoms with E-state index >= 15 is 0 Å². The largest absolute Gasteiger partial charge is 0.368 e. The number of carbonyl (C=O) groups is 1. The van der Waals surface area contributed by atoms with E-state index in [0.717, 1.165) is 57.7 Å². The van der Waals surface area contributed by atoms with E-state index in [1.807, 2.05) is 11.0 Å². The van der Waals surface area contributed by atoms with Crippen molar-refractivity contribution in [2.75, 3.05) is 44.2 Å². The molecule has 0 unspecified atom stereocenters. The number of carbonyl (C=O) groups excluding carboxylic acids is 1. The number of hydrogen-bond donors (Lipinski definition) is 0. The molecule has 5 rings (SSSR count). The summed E-state index contributed by atoms with van der Waals surface area (Å²) in [5, 5.41) is 4.01. The van der Waals surface area contributed by atoms with Crippen molar-refractivity contribution in [3.8, 4) is 11.4 Å². The highest BCUT2D eigenvalue weighted by atomic mass is 19.1. The Hall–Kier alpha value is -3.26. The molecule has 0 N–H and O–H groups in total. The van der Waals surface area contributed by atoms with E-state index in [9.17, 15) is 9.18 Å². The van der Waals surface area contributed by atoms with Crippen molar-refractivity contribution in [1.29, 1.82) is 0 Å². The second-order valence-corrected chi connectivity index (χ2v) is 8.72. The zero-order valence-electron chi connectivity index (χ0n) is 18.6. The Bertz CT molecular complexity index is 1060. The molecule has 2 fully saturated rings. The highest BCUT2D eigenvalue weighted by Crippen LogP contribution is 2.24. The first kappa shape index (κ1) is 21.6. The molecule has 172 valence electrons. The SMILES string of the molecule is O=C(C1CCN(Cc2nc(-c3ccc(F)cc3)no2)CC1)N1CCN(c2ccccc2)CC1. The van der Waals surface area contributed by atoms with Crippen molar-refractivity contribution >= 4 is 11.6 Å². The molecule has 2 aliphatic heterocycles. The molecule has 0 aliphatic carbocycles. The van der Waals surface area contributed by atoms with Gasteiger partial charge in [0.1, 0.15) is 5.82 Å². The van der Waals surface area contributed by atoms with E-state index in [1.54, 1.807) is 12.1 Å². The molecular weight excluding hydrogens is 421 g/mol. The molecule has 0 saturated carbocycles. The van der Waals surface area contributed by atoms with Crippen LogP contribution in [0.2, 0.25) is 0 Å². The number of rotatable bonds is 5. The Labute approximate surface area is 192 Å². The van der Waals surface area contributed by atoms with Crippen LogP contribution in [-0.4, -0.2) is 65.1 Å². The van der Waals surface area contributed by atoms with Gasteiger partial charge in [0.15, 0.2) is 0 Å². The van der Waals surface area contributed by atoms with E-state index < -0.39 is 0 Å². The predicted octanol–water partition coefficient (Wildman–Crippen LogP) is 3.44.